The van der Waals surface area contributed by atoms with E-state index in [1.807, 2.05) is 27.7 Å². The Hall–Kier alpha value is -2.06. The molecule has 30 heavy (non-hydrogen) atoms. The van der Waals surface area contributed by atoms with Crippen LogP contribution in [-0.4, -0.2) is 43.5 Å². The van der Waals surface area contributed by atoms with Gasteiger partial charge in [0.25, 0.3) is 0 Å². The molecule has 1 rings (SSSR count). The summed E-state index contributed by atoms with van der Waals surface area (Å²) in [6.07, 6.45) is 0.313. The molecule has 0 fully saturated rings. The summed E-state index contributed by atoms with van der Waals surface area (Å²) in [4.78, 5) is 24.9. The average Bonchev–Trinajstić information content (AvgIpc) is 2.62. The molecule has 0 spiro atoms. The average molecular weight is 427 g/mol. The summed E-state index contributed by atoms with van der Waals surface area (Å²) in [7, 11) is 0. The smallest absolute Gasteiger partial charge is 0.242 e. The summed E-state index contributed by atoms with van der Waals surface area (Å²) in [5.41, 5.74) is 6.51. The van der Waals surface area contributed by atoms with Crippen molar-refractivity contribution in [3.63, 3.8) is 0 Å². The summed E-state index contributed by atoms with van der Waals surface area (Å²) < 4.78 is 26.5. The molecule has 170 valence electrons. The van der Waals surface area contributed by atoms with Gasteiger partial charge in [0.1, 0.15) is 17.7 Å². The maximum absolute atomic E-state index is 13.3. The Balaban J connectivity index is 2.45. The molecule has 1 aromatic carbocycles. The van der Waals surface area contributed by atoms with E-state index in [1.54, 1.807) is 6.92 Å². The fourth-order valence-electron chi connectivity index (χ4n) is 2.93. The number of rotatable bonds is 12. The van der Waals surface area contributed by atoms with E-state index in [2.05, 4.69) is 16.0 Å². The van der Waals surface area contributed by atoms with Crippen molar-refractivity contribution in [1.82, 2.24) is 16.0 Å². The van der Waals surface area contributed by atoms with Crippen molar-refractivity contribution in [3.05, 3.63) is 35.4 Å². The van der Waals surface area contributed by atoms with Gasteiger partial charge in [-0.1, -0.05) is 34.6 Å². The van der Waals surface area contributed by atoms with Gasteiger partial charge in [0, 0.05) is 37.7 Å². The highest BCUT2D eigenvalue weighted by atomic mass is 19.1. The highest BCUT2D eigenvalue weighted by Gasteiger charge is 2.26. The second-order valence-corrected chi connectivity index (χ2v) is 8.67. The lowest BCUT2D eigenvalue weighted by Crippen LogP contribution is -2.52. The Labute approximate surface area is 178 Å². The molecule has 3 atom stereocenters. The van der Waals surface area contributed by atoms with Crippen LogP contribution in [0.3, 0.4) is 0 Å². The molecule has 0 heterocycles. The minimum Gasteiger partial charge on any atom is -0.354 e. The van der Waals surface area contributed by atoms with Crippen molar-refractivity contribution in [3.8, 4) is 0 Å². The molecule has 0 bridgehead atoms. The number of nitrogens with one attached hydrogen (secondary N) is 3. The van der Waals surface area contributed by atoms with E-state index in [9.17, 15) is 18.4 Å². The molecular formula is C22H36F2N4O2. The van der Waals surface area contributed by atoms with Crippen LogP contribution < -0.4 is 21.7 Å². The lowest BCUT2D eigenvalue weighted by atomic mass is 10.0. The van der Waals surface area contributed by atoms with Crippen LogP contribution in [0.4, 0.5) is 8.78 Å². The van der Waals surface area contributed by atoms with Gasteiger partial charge in [-0.05, 0) is 36.0 Å². The summed E-state index contributed by atoms with van der Waals surface area (Å²) in [5.74, 6) is -1.75. The van der Waals surface area contributed by atoms with Crippen LogP contribution in [0.1, 0.15) is 40.2 Å². The van der Waals surface area contributed by atoms with Gasteiger partial charge >= 0.3 is 0 Å². The number of benzene rings is 1. The Bertz CT molecular complexity index is 677. The van der Waals surface area contributed by atoms with Gasteiger partial charge in [0.15, 0.2) is 0 Å². The molecule has 0 saturated heterocycles. The minimum absolute atomic E-state index is 0.0404. The SMILES string of the molecule is CC(C)CNC(=O)[C@@H](NC(=O)[C@H](C)CNC[C@@H](N)Cc1cc(F)cc(F)c1)C(C)C. The summed E-state index contributed by atoms with van der Waals surface area (Å²) in [6, 6.07) is 2.39. The Morgan fingerprint density at radius 2 is 1.53 bits per heavy atom. The topological polar surface area (TPSA) is 96.2 Å². The summed E-state index contributed by atoms with van der Waals surface area (Å²) >= 11 is 0. The van der Waals surface area contributed by atoms with Crippen LogP contribution in [0.25, 0.3) is 0 Å². The van der Waals surface area contributed by atoms with Crippen LogP contribution in [0.5, 0.6) is 0 Å². The third-order valence-electron chi connectivity index (χ3n) is 4.66. The third-order valence-corrected chi connectivity index (χ3v) is 4.66. The third kappa shape index (κ3) is 9.63. The standard InChI is InChI=1S/C22H36F2N4O2/c1-13(2)10-27-22(30)20(14(3)4)28-21(29)15(5)11-26-12-19(25)8-16-6-17(23)9-18(24)7-16/h6-7,9,13-15,19-20,26H,8,10-12,25H2,1-5H3,(H,27,30)(H,28,29)/t15-,19+,20+/m1/s1. The van der Waals surface area contributed by atoms with Crippen LogP contribution in [0.2, 0.25) is 0 Å². The molecule has 0 aliphatic heterocycles. The maximum Gasteiger partial charge on any atom is 0.242 e. The number of halogens is 2. The minimum atomic E-state index is -0.632. The van der Waals surface area contributed by atoms with E-state index >= 15 is 0 Å². The molecule has 0 radical (unpaired) electrons. The van der Waals surface area contributed by atoms with Crippen molar-refractivity contribution in [2.45, 2.75) is 53.1 Å². The van der Waals surface area contributed by atoms with Crippen molar-refractivity contribution < 1.29 is 18.4 Å². The second kappa shape index (κ2) is 12.6. The van der Waals surface area contributed by atoms with E-state index < -0.39 is 17.7 Å². The van der Waals surface area contributed by atoms with Crippen LogP contribution >= 0.6 is 0 Å². The molecule has 1 aromatic rings. The molecule has 8 heteroatoms. The fourth-order valence-corrected chi connectivity index (χ4v) is 2.93. The highest BCUT2D eigenvalue weighted by molar-refractivity contribution is 5.88. The number of hydrogen-bond donors (Lipinski definition) is 4. The summed E-state index contributed by atoms with van der Waals surface area (Å²) in [6.45, 7) is 10.9. The Kier molecular flexibility index (Phi) is 10.9. The molecule has 0 aliphatic carbocycles. The molecule has 0 unspecified atom stereocenters. The normalized spacial score (nSPS) is 14.5. The van der Waals surface area contributed by atoms with Gasteiger partial charge in [0.2, 0.25) is 11.8 Å². The fraction of sp³-hybridized carbons (Fsp3) is 0.636. The molecule has 6 nitrogen and oxygen atoms in total. The second-order valence-electron chi connectivity index (χ2n) is 8.67. The van der Waals surface area contributed by atoms with Gasteiger partial charge < -0.3 is 21.7 Å². The van der Waals surface area contributed by atoms with Crippen molar-refractivity contribution in [2.75, 3.05) is 19.6 Å². The van der Waals surface area contributed by atoms with Crippen molar-refractivity contribution in [1.29, 1.82) is 0 Å². The van der Waals surface area contributed by atoms with E-state index in [-0.39, 0.29) is 29.7 Å². The first-order valence-corrected chi connectivity index (χ1v) is 10.5. The first-order valence-electron chi connectivity index (χ1n) is 10.5. The molecule has 0 aromatic heterocycles. The first kappa shape index (κ1) is 26.0. The molecule has 2 amide bonds. The predicted octanol–water partition coefficient (Wildman–Crippen LogP) is 1.97. The summed E-state index contributed by atoms with van der Waals surface area (Å²) in [5, 5.41) is 8.80. The van der Waals surface area contributed by atoms with Gasteiger partial charge in [-0.3, -0.25) is 9.59 Å². The van der Waals surface area contributed by atoms with Crippen molar-refractivity contribution in [2.24, 2.45) is 23.5 Å². The maximum atomic E-state index is 13.3. The van der Waals surface area contributed by atoms with E-state index in [0.29, 0.717) is 37.5 Å². The van der Waals surface area contributed by atoms with E-state index in [4.69, 9.17) is 5.73 Å². The van der Waals surface area contributed by atoms with Crippen LogP contribution in [0.15, 0.2) is 18.2 Å². The quantitative estimate of drug-likeness (QED) is 0.411. The van der Waals surface area contributed by atoms with Gasteiger partial charge in [0.05, 0.1) is 0 Å². The van der Waals surface area contributed by atoms with Gasteiger partial charge in [-0.25, -0.2) is 8.78 Å². The zero-order chi connectivity index (χ0) is 22.8. The van der Waals surface area contributed by atoms with E-state index in [1.165, 1.54) is 12.1 Å². The van der Waals surface area contributed by atoms with Crippen LogP contribution in [-0.2, 0) is 16.0 Å². The van der Waals surface area contributed by atoms with Crippen molar-refractivity contribution >= 4 is 11.8 Å². The van der Waals surface area contributed by atoms with Crippen LogP contribution in [0, 0.1) is 29.4 Å². The molecule has 0 aliphatic rings. The number of amides is 2. The monoisotopic (exact) mass is 426 g/mol. The largest absolute Gasteiger partial charge is 0.354 e. The number of hydrogen-bond acceptors (Lipinski definition) is 4. The Morgan fingerprint density at radius 3 is 2.07 bits per heavy atom. The molecule has 0 saturated carbocycles. The van der Waals surface area contributed by atoms with Gasteiger partial charge in [-0.15, -0.1) is 0 Å². The Morgan fingerprint density at radius 1 is 0.933 bits per heavy atom. The number of nitrogens with two attached hydrogens (primary N) is 1. The zero-order valence-corrected chi connectivity index (χ0v) is 18.6. The number of carbonyl (C=O) groups is 2. The lowest BCUT2D eigenvalue weighted by molar-refractivity contribution is -0.131. The first-order chi connectivity index (χ1) is 14.0. The highest BCUT2D eigenvalue weighted by Crippen LogP contribution is 2.10. The molecular weight excluding hydrogens is 390 g/mol. The number of carbonyl (C=O) groups excluding carboxylic acids is 2. The zero-order valence-electron chi connectivity index (χ0n) is 18.6. The molecule has 5 N–H and O–H groups in total. The lowest BCUT2D eigenvalue weighted by Gasteiger charge is -2.24. The van der Waals surface area contributed by atoms with E-state index in [0.717, 1.165) is 6.07 Å². The van der Waals surface area contributed by atoms with Gasteiger partial charge in [-0.2, -0.15) is 0 Å². The predicted molar refractivity (Wildman–Crippen MR) is 115 cm³/mol.